The average Bonchev–Trinajstić information content (AvgIpc) is 4.15. The van der Waals surface area contributed by atoms with Crippen LogP contribution in [-0.2, 0) is 23.2 Å². The van der Waals surface area contributed by atoms with Gasteiger partial charge in [0.05, 0.1) is 12.5 Å². The largest absolute Gasteiger partial charge is 0.481 e. The van der Waals surface area contributed by atoms with Crippen LogP contribution in [0, 0.1) is 11.8 Å². The number of carboxylic acid groups (broad SMARTS) is 1. The van der Waals surface area contributed by atoms with E-state index in [1.807, 2.05) is 43.2 Å². The summed E-state index contributed by atoms with van der Waals surface area (Å²) < 4.78 is 20.5. The molecule has 6 nitrogen and oxygen atoms in total. The van der Waals surface area contributed by atoms with Gasteiger partial charge in [0.1, 0.15) is 6.10 Å². The number of hydrogen-bond donors (Lipinski definition) is 1. The van der Waals surface area contributed by atoms with Crippen LogP contribution in [0.1, 0.15) is 177 Å². The topological polar surface area (TPSA) is 82.1 Å². The Balaban J connectivity index is 0.000000281. The third kappa shape index (κ3) is 19.7. The molecule has 0 radical (unpaired) electrons. The van der Waals surface area contributed by atoms with Crippen LogP contribution in [0.4, 0.5) is 0 Å². The van der Waals surface area contributed by atoms with E-state index in [1.165, 1.54) is 83.6 Å². The zero-order valence-corrected chi connectivity index (χ0v) is 53.1. The molecule has 4 aromatic carbocycles. The lowest BCUT2D eigenvalue weighted by Crippen LogP contribution is -2.67. The number of carbonyl (C=O) groups is 2. The van der Waals surface area contributed by atoms with Gasteiger partial charge >= 0.3 is 11.9 Å². The predicted octanol–water partition coefficient (Wildman–Crippen LogP) is 16.3. The maximum Gasteiger partial charge on any atom is 0.306 e. The molecule has 2 aliphatic rings. The minimum Gasteiger partial charge on any atom is -0.481 e. The molecule has 2 saturated heterocycles. The highest BCUT2D eigenvalue weighted by Crippen LogP contribution is 2.42. The molecule has 2 aliphatic heterocycles. The van der Waals surface area contributed by atoms with Gasteiger partial charge in [-0.25, -0.2) is 0 Å². The van der Waals surface area contributed by atoms with Crippen molar-refractivity contribution >= 4 is 92.5 Å². The summed E-state index contributed by atoms with van der Waals surface area (Å²) in [5, 5.41) is 16.7. The van der Waals surface area contributed by atoms with Crippen molar-refractivity contribution in [2.45, 2.75) is 204 Å². The summed E-state index contributed by atoms with van der Waals surface area (Å²) in [7, 11) is 2.60. The third-order valence-electron chi connectivity index (χ3n) is 15.5. The van der Waals surface area contributed by atoms with Crippen LogP contribution in [0.2, 0.25) is 10.1 Å². The quantitative estimate of drug-likeness (QED) is 0.0221. The Kier molecular flexibility index (Phi) is 28.8. The molecule has 2 heterocycles. The van der Waals surface area contributed by atoms with Gasteiger partial charge in [-0.3, -0.25) is 9.59 Å². The molecule has 0 aliphatic carbocycles. The van der Waals surface area contributed by atoms with Crippen molar-refractivity contribution < 1.29 is 28.3 Å². The van der Waals surface area contributed by atoms with Gasteiger partial charge in [-0.2, -0.15) is 0 Å². The van der Waals surface area contributed by atoms with Crippen LogP contribution < -0.4 is 20.7 Å². The first-order valence-electron chi connectivity index (χ1n) is 29.1. The summed E-state index contributed by atoms with van der Waals surface area (Å²) in [5.41, 5.74) is 0. The van der Waals surface area contributed by atoms with E-state index in [2.05, 4.69) is 177 Å². The molecular weight excluding hydrogens is 1050 g/mol. The fourth-order valence-electron chi connectivity index (χ4n) is 11.3. The minimum atomic E-state index is -2.70. The fourth-order valence-corrected chi connectivity index (χ4v) is 26.6. The van der Waals surface area contributed by atoms with Gasteiger partial charge in [-0.15, -0.1) is 0 Å². The van der Waals surface area contributed by atoms with Crippen LogP contribution in [0.3, 0.4) is 0 Å². The zero-order chi connectivity index (χ0) is 54.7. The number of hydrogen-bond acceptors (Lipinski definition) is 9. The van der Waals surface area contributed by atoms with Gasteiger partial charge in [-0.05, 0) is 94.5 Å². The van der Waals surface area contributed by atoms with Gasteiger partial charge in [-0.1, -0.05) is 278 Å². The molecule has 420 valence electrons. The maximum atomic E-state index is 12.9. The van der Waals surface area contributed by atoms with Crippen molar-refractivity contribution in [3.8, 4) is 0 Å². The van der Waals surface area contributed by atoms with Crippen molar-refractivity contribution in [1.82, 2.24) is 0 Å². The number of carboxylic acids is 1. The third-order valence-corrected chi connectivity index (χ3v) is 31.5. The van der Waals surface area contributed by atoms with Gasteiger partial charge in [0.15, 0.2) is 0 Å². The van der Waals surface area contributed by atoms with Crippen molar-refractivity contribution in [1.29, 1.82) is 0 Å². The van der Waals surface area contributed by atoms with E-state index in [0.717, 1.165) is 69.5 Å². The first kappa shape index (κ1) is 64.4. The maximum absolute atomic E-state index is 12.9. The molecule has 0 aromatic heterocycles. The Hall–Kier alpha value is -2.43. The molecule has 4 aromatic rings. The second-order valence-corrected chi connectivity index (χ2v) is 37.5. The molecule has 76 heavy (non-hydrogen) atoms. The zero-order valence-electron chi connectivity index (χ0n) is 47.8. The monoisotopic (exact) mass is 1140 g/mol. The summed E-state index contributed by atoms with van der Waals surface area (Å²) in [5.74, 6) is 1.45. The van der Waals surface area contributed by atoms with Crippen LogP contribution in [-0.4, -0.2) is 75.0 Å². The predicted molar refractivity (Wildman–Crippen MR) is 338 cm³/mol. The molecule has 5 unspecified atom stereocenters. The first-order valence-corrected chi connectivity index (χ1v) is 37.7. The highest BCUT2D eigenvalue weighted by molar-refractivity contribution is 8.77. The Labute approximate surface area is 479 Å². The van der Waals surface area contributed by atoms with Crippen LogP contribution >= 0.6 is 43.2 Å². The minimum absolute atomic E-state index is 0.0246. The number of rotatable bonds is 32. The van der Waals surface area contributed by atoms with Crippen LogP contribution in [0.5, 0.6) is 0 Å². The molecule has 0 bridgehead atoms. The first-order chi connectivity index (χ1) is 36.7. The molecule has 0 spiro atoms. The lowest BCUT2D eigenvalue weighted by atomic mass is 9.84. The summed E-state index contributed by atoms with van der Waals surface area (Å²) >= 11 is 0. The fraction of sp³-hybridized carbons (Fsp3) is 0.594. The number of aliphatic carboxylic acids is 1. The summed E-state index contributed by atoms with van der Waals surface area (Å²) in [6.45, 7) is 19.2. The second kappa shape index (κ2) is 34.0. The van der Waals surface area contributed by atoms with Crippen molar-refractivity contribution in [2.75, 3.05) is 24.7 Å². The Bertz CT molecular complexity index is 2100. The van der Waals surface area contributed by atoms with E-state index in [-0.39, 0.29) is 34.0 Å². The average molecular weight is 1150 g/mol. The molecule has 6 rings (SSSR count). The van der Waals surface area contributed by atoms with Crippen LogP contribution in [0.25, 0.3) is 0 Å². The Morgan fingerprint density at radius 3 is 1.36 bits per heavy atom. The SMILES string of the molecule is CCCCCCC(CO[Si](c1ccccc1)(c1ccccc1)C(C)(C)C)C(CCCC1CCSS1)C(=O)O.CCCCCCC(CO[Si](c1ccccc1)(c1ccccc1)C(C)(C)C)OC(=O)CCCCC1CCSS1. The van der Waals surface area contributed by atoms with Gasteiger partial charge in [0, 0.05) is 35.0 Å². The van der Waals surface area contributed by atoms with E-state index >= 15 is 0 Å². The standard InChI is InChI=1S/2C32H48O3S2Si/c1-5-6-7-10-17-27(35-31(33)23-16-15-18-28-24-25-36-37-28)26-34-38(32(2,3)4,29-19-11-8-12-20-29)30-21-13-9-14-22-30;1-5-6-7-10-16-26(30(31(33)34)22-15-17-27-23-24-36-37-27)25-35-38(32(2,3)4,28-18-11-8-12-19-28)29-20-13-9-14-21-29/h8-9,11-14,19-22,27-28H,5-7,10,15-18,23-26H2,1-4H3;8-9,11-14,18-21,26-27,30H,5-7,10,15-17,22-25H2,1-4H3,(H,33,34). The number of carbonyl (C=O) groups excluding carboxylic acids is 1. The van der Waals surface area contributed by atoms with Crippen molar-refractivity contribution in [3.63, 3.8) is 0 Å². The van der Waals surface area contributed by atoms with E-state index in [0.29, 0.717) is 24.9 Å². The number of benzene rings is 4. The summed E-state index contributed by atoms with van der Waals surface area (Å²) in [6.07, 6.45) is 20.0. The normalized spacial score (nSPS) is 17.4. The highest BCUT2D eigenvalue weighted by Gasteiger charge is 2.52. The lowest BCUT2D eigenvalue weighted by molar-refractivity contribution is -0.151. The number of ether oxygens (including phenoxy) is 1. The number of unbranched alkanes of at least 4 members (excludes halogenated alkanes) is 7. The highest BCUT2D eigenvalue weighted by atomic mass is 33.1. The molecular formula is C64H96O6S4Si2. The molecule has 1 N–H and O–H groups in total. The molecule has 0 amide bonds. The lowest BCUT2D eigenvalue weighted by Gasteiger charge is -2.44. The second-order valence-electron chi connectivity index (χ2n) is 23.3. The van der Waals surface area contributed by atoms with Crippen LogP contribution in [0.15, 0.2) is 121 Å². The summed E-state index contributed by atoms with van der Waals surface area (Å²) in [6, 6.07) is 42.9. The van der Waals surface area contributed by atoms with Gasteiger partial charge in [0.25, 0.3) is 16.6 Å². The van der Waals surface area contributed by atoms with E-state index in [1.54, 1.807) is 0 Å². The Morgan fingerprint density at radius 2 is 0.961 bits per heavy atom. The molecule has 12 heteroatoms. The molecule has 0 saturated carbocycles. The molecule has 2 fully saturated rings. The van der Waals surface area contributed by atoms with Gasteiger partial charge < -0.3 is 18.7 Å². The van der Waals surface area contributed by atoms with Crippen molar-refractivity contribution in [3.05, 3.63) is 121 Å². The number of esters is 1. The van der Waals surface area contributed by atoms with E-state index in [4.69, 9.17) is 13.6 Å². The molecule has 5 atom stereocenters. The van der Waals surface area contributed by atoms with E-state index < -0.39 is 22.6 Å². The Morgan fingerprint density at radius 1 is 0.539 bits per heavy atom. The summed E-state index contributed by atoms with van der Waals surface area (Å²) in [4.78, 5) is 25.6. The smallest absolute Gasteiger partial charge is 0.306 e. The van der Waals surface area contributed by atoms with Crippen molar-refractivity contribution in [2.24, 2.45) is 11.8 Å². The van der Waals surface area contributed by atoms with Gasteiger partial charge in [0.2, 0.25) is 0 Å². The van der Waals surface area contributed by atoms with E-state index in [9.17, 15) is 14.7 Å².